The van der Waals surface area contributed by atoms with E-state index in [9.17, 15) is 4.79 Å². The number of carbonyl (C=O) groups is 1. The highest BCUT2D eigenvalue weighted by Gasteiger charge is 2.17. The highest BCUT2D eigenvalue weighted by Crippen LogP contribution is 2.23. The minimum Gasteiger partial charge on any atom is -0.462 e. The summed E-state index contributed by atoms with van der Waals surface area (Å²) in [4.78, 5) is 18.4. The van der Waals surface area contributed by atoms with Crippen molar-refractivity contribution >= 4 is 22.4 Å². The zero-order valence-corrected chi connectivity index (χ0v) is 9.96. The van der Waals surface area contributed by atoms with Crippen LogP contribution in [0, 0.1) is 0 Å². The number of morpholine rings is 1. The van der Waals surface area contributed by atoms with Crippen LogP contribution in [0.3, 0.4) is 0 Å². The van der Waals surface area contributed by atoms with E-state index in [4.69, 9.17) is 9.47 Å². The van der Waals surface area contributed by atoms with Crippen LogP contribution in [0.2, 0.25) is 0 Å². The van der Waals surface area contributed by atoms with Gasteiger partial charge in [-0.05, 0) is 6.92 Å². The summed E-state index contributed by atoms with van der Waals surface area (Å²) in [5, 5.41) is 0.867. The highest BCUT2D eigenvalue weighted by atomic mass is 32.1. The van der Waals surface area contributed by atoms with Crippen molar-refractivity contribution in [3.8, 4) is 0 Å². The van der Waals surface area contributed by atoms with E-state index in [1.165, 1.54) is 11.3 Å². The fraction of sp³-hybridized carbons (Fsp3) is 0.600. The number of esters is 1. The number of nitrogens with zero attached hydrogens (tertiary/aromatic N) is 2. The molecule has 88 valence electrons. The van der Waals surface area contributed by atoms with E-state index in [1.54, 1.807) is 13.1 Å². The first-order valence-corrected chi connectivity index (χ1v) is 6.08. The van der Waals surface area contributed by atoms with Gasteiger partial charge in [0.25, 0.3) is 0 Å². The predicted octanol–water partition coefficient (Wildman–Crippen LogP) is 1.16. The second-order valence-corrected chi connectivity index (χ2v) is 4.34. The second-order valence-electron chi connectivity index (χ2n) is 3.33. The normalized spacial score (nSPS) is 16.2. The SMILES string of the molecule is CCOC(=O)c1cnc(N2CCOCC2)s1. The molecule has 1 saturated heterocycles. The van der Waals surface area contributed by atoms with Crippen molar-refractivity contribution in [3.63, 3.8) is 0 Å². The topological polar surface area (TPSA) is 51.7 Å². The van der Waals surface area contributed by atoms with Crippen molar-refractivity contribution in [2.24, 2.45) is 0 Å². The average molecular weight is 242 g/mol. The van der Waals surface area contributed by atoms with Crippen LogP contribution < -0.4 is 4.90 Å². The van der Waals surface area contributed by atoms with Crippen molar-refractivity contribution in [1.82, 2.24) is 4.98 Å². The molecule has 1 aromatic heterocycles. The lowest BCUT2D eigenvalue weighted by molar-refractivity contribution is 0.0532. The Kier molecular flexibility index (Phi) is 3.74. The molecular weight excluding hydrogens is 228 g/mol. The summed E-state index contributed by atoms with van der Waals surface area (Å²) in [7, 11) is 0. The van der Waals surface area contributed by atoms with Crippen molar-refractivity contribution in [2.75, 3.05) is 37.8 Å². The average Bonchev–Trinajstić information content (AvgIpc) is 2.80. The molecule has 0 atom stereocenters. The Bertz CT molecular complexity index is 361. The van der Waals surface area contributed by atoms with Gasteiger partial charge < -0.3 is 14.4 Å². The fourth-order valence-corrected chi connectivity index (χ4v) is 2.32. The van der Waals surface area contributed by atoms with Gasteiger partial charge in [0.1, 0.15) is 4.88 Å². The van der Waals surface area contributed by atoms with Crippen molar-refractivity contribution in [2.45, 2.75) is 6.92 Å². The molecule has 2 heterocycles. The van der Waals surface area contributed by atoms with Crippen LogP contribution in [0.25, 0.3) is 0 Å². The lowest BCUT2D eigenvalue weighted by atomic mass is 10.5. The molecule has 16 heavy (non-hydrogen) atoms. The Morgan fingerprint density at radius 1 is 1.62 bits per heavy atom. The van der Waals surface area contributed by atoms with Gasteiger partial charge in [0.05, 0.1) is 26.0 Å². The molecular formula is C10H14N2O3S. The van der Waals surface area contributed by atoms with Crippen LogP contribution in [-0.4, -0.2) is 43.9 Å². The van der Waals surface area contributed by atoms with Gasteiger partial charge in [-0.1, -0.05) is 11.3 Å². The lowest BCUT2D eigenvalue weighted by Crippen LogP contribution is -2.36. The van der Waals surface area contributed by atoms with Crippen LogP contribution in [0.15, 0.2) is 6.20 Å². The summed E-state index contributed by atoms with van der Waals surface area (Å²) in [6.45, 7) is 5.28. The van der Waals surface area contributed by atoms with Crippen LogP contribution in [0.1, 0.15) is 16.6 Å². The maximum Gasteiger partial charge on any atom is 0.350 e. The first-order valence-electron chi connectivity index (χ1n) is 5.27. The van der Waals surface area contributed by atoms with Crippen molar-refractivity contribution in [3.05, 3.63) is 11.1 Å². The molecule has 0 radical (unpaired) electrons. The number of carbonyl (C=O) groups excluding carboxylic acids is 1. The zero-order chi connectivity index (χ0) is 11.4. The van der Waals surface area contributed by atoms with Crippen LogP contribution >= 0.6 is 11.3 Å². The highest BCUT2D eigenvalue weighted by molar-refractivity contribution is 7.17. The van der Waals surface area contributed by atoms with Crippen molar-refractivity contribution < 1.29 is 14.3 Å². The summed E-state index contributed by atoms with van der Waals surface area (Å²) in [5.41, 5.74) is 0. The number of aromatic nitrogens is 1. The second kappa shape index (κ2) is 5.27. The number of hydrogen-bond donors (Lipinski definition) is 0. The van der Waals surface area contributed by atoms with Crippen molar-refractivity contribution in [1.29, 1.82) is 0 Å². The standard InChI is InChI=1S/C10H14N2O3S/c1-2-15-9(13)8-7-11-10(16-8)12-3-5-14-6-4-12/h7H,2-6H2,1H3. The number of thiazole rings is 1. The molecule has 0 saturated carbocycles. The molecule has 1 fully saturated rings. The van der Waals surface area contributed by atoms with Gasteiger partial charge in [-0.25, -0.2) is 9.78 Å². The number of hydrogen-bond acceptors (Lipinski definition) is 6. The van der Waals surface area contributed by atoms with E-state index in [0.717, 1.165) is 18.2 Å². The molecule has 0 aromatic carbocycles. The third-order valence-electron chi connectivity index (χ3n) is 2.25. The lowest BCUT2D eigenvalue weighted by Gasteiger charge is -2.25. The van der Waals surface area contributed by atoms with Gasteiger partial charge in [0.15, 0.2) is 5.13 Å². The molecule has 1 aliphatic heterocycles. The summed E-state index contributed by atoms with van der Waals surface area (Å²) in [5.74, 6) is -0.292. The molecule has 2 rings (SSSR count). The van der Waals surface area contributed by atoms with E-state index >= 15 is 0 Å². The maximum absolute atomic E-state index is 11.4. The molecule has 0 spiro atoms. The maximum atomic E-state index is 11.4. The number of anilines is 1. The largest absolute Gasteiger partial charge is 0.462 e. The predicted molar refractivity (Wildman–Crippen MR) is 61.1 cm³/mol. The minimum absolute atomic E-state index is 0.292. The molecule has 0 unspecified atom stereocenters. The molecule has 1 aliphatic rings. The zero-order valence-electron chi connectivity index (χ0n) is 9.14. The number of rotatable bonds is 3. The Morgan fingerprint density at radius 2 is 2.38 bits per heavy atom. The summed E-state index contributed by atoms with van der Waals surface area (Å²) in [6, 6.07) is 0. The Hall–Kier alpha value is -1.14. The third-order valence-corrected chi connectivity index (χ3v) is 3.29. The van der Waals surface area contributed by atoms with Gasteiger partial charge in [-0.15, -0.1) is 0 Å². The quantitative estimate of drug-likeness (QED) is 0.744. The van der Waals surface area contributed by atoms with Crippen LogP contribution in [0.4, 0.5) is 5.13 Å². The van der Waals surface area contributed by atoms with Gasteiger partial charge >= 0.3 is 5.97 Å². The van der Waals surface area contributed by atoms with E-state index in [0.29, 0.717) is 24.7 Å². The van der Waals surface area contributed by atoms with Gasteiger partial charge in [-0.2, -0.15) is 0 Å². The molecule has 0 aliphatic carbocycles. The smallest absolute Gasteiger partial charge is 0.350 e. The summed E-state index contributed by atoms with van der Waals surface area (Å²) in [6.07, 6.45) is 1.58. The van der Waals surface area contributed by atoms with Crippen LogP contribution in [0.5, 0.6) is 0 Å². The molecule has 5 nitrogen and oxygen atoms in total. The van der Waals surface area contributed by atoms with E-state index < -0.39 is 0 Å². The Labute approximate surface area is 98.0 Å². The third kappa shape index (κ3) is 2.51. The first kappa shape index (κ1) is 11.3. The minimum atomic E-state index is -0.292. The summed E-state index contributed by atoms with van der Waals surface area (Å²) < 4.78 is 10.2. The molecule has 6 heteroatoms. The first-order chi connectivity index (χ1) is 7.81. The van der Waals surface area contributed by atoms with E-state index in [-0.39, 0.29) is 5.97 Å². The number of ether oxygens (including phenoxy) is 2. The molecule has 0 amide bonds. The fourth-order valence-electron chi connectivity index (χ4n) is 1.46. The van der Waals surface area contributed by atoms with Gasteiger partial charge in [0.2, 0.25) is 0 Å². The Balaban J connectivity index is 2.03. The van der Waals surface area contributed by atoms with Crippen LogP contribution in [-0.2, 0) is 9.47 Å². The van der Waals surface area contributed by atoms with Gasteiger partial charge in [-0.3, -0.25) is 0 Å². The van der Waals surface area contributed by atoms with E-state index in [2.05, 4.69) is 9.88 Å². The Morgan fingerprint density at radius 3 is 3.06 bits per heavy atom. The molecule has 0 N–H and O–H groups in total. The monoisotopic (exact) mass is 242 g/mol. The summed E-state index contributed by atoms with van der Waals surface area (Å²) >= 11 is 1.37. The molecule has 0 bridgehead atoms. The van der Waals surface area contributed by atoms with E-state index in [1.807, 2.05) is 0 Å². The molecule has 1 aromatic rings. The van der Waals surface area contributed by atoms with Gasteiger partial charge in [0, 0.05) is 13.1 Å².